The van der Waals surface area contributed by atoms with Crippen LogP contribution >= 0.6 is 11.6 Å². The monoisotopic (exact) mass is 280 g/mol. The zero-order valence-electron chi connectivity index (χ0n) is 9.41. The third kappa shape index (κ3) is 2.60. The quantitative estimate of drug-likeness (QED) is 0.803. The van der Waals surface area contributed by atoms with E-state index in [0.29, 0.717) is 5.82 Å². The Labute approximate surface area is 107 Å². The van der Waals surface area contributed by atoms with Crippen LogP contribution in [0.5, 0.6) is 0 Å². The van der Waals surface area contributed by atoms with E-state index in [-0.39, 0.29) is 36.8 Å². The van der Waals surface area contributed by atoms with Gasteiger partial charge in [-0.25, -0.2) is 9.97 Å². The Bertz CT molecular complexity index is 430. The molecule has 100 valence electrons. The molecular weight excluding hydrogens is 269 g/mol. The lowest BCUT2D eigenvalue weighted by Crippen LogP contribution is -2.39. The first-order valence-electron chi connectivity index (χ1n) is 5.47. The van der Waals surface area contributed by atoms with Crippen LogP contribution in [0.2, 0.25) is 5.15 Å². The van der Waals surface area contributed by atoms with Crippen LogP contribution in [-0.4, -0.2) is 29.2 Å². The summed E-state index contributed by atoms with van der Waals surface area (Å²) in [5, 5.41) is 0.123. The molecule has 0 atom stereocenters. The third-order valence-electron chi connectivity index (χ3n) is 3.07. The van der Waals surface area contributed by atoms with Gasteiger partial charge in [0.1, 0.15) is 12.0 Å². The molecule has 4 nitrogen and oxygen atoms in total. The number of anilines is 2. The van der Waals surface area contributed by atoms with Gasteiger partial charge in [-0.3, -0.25) is 0 Å². The van der Waals surface area contributed by atoms with Gasteiger partial charge in [-0.2, -0.15) is 13.2 Å². The molecule has 0 amide bonds. The number of nitrogens with two attached hydrogens (primary N) is 1. The van der Waals surface area contributed by atoms with Gasteiger partial charge in [0.05, 0.1) is 5.92 Å². The van der Waals surface area contributed by atoms with E-state index < -0.39 is 12.1 Å². The Kier molecular flexibility index (Phi) is 3.52. The summed E-state index contributed by atoms with van der Waals surface area (Å²) in [6, 6.07) is 0. The minimum absolute atomic E-state index is 0.0462. The number of alkyl halides is 3. The van der Waals surface area contributed by atoms with Gasteiger partial charge in [0.2, 0.25) is 0 Å². The van der Waals surface area contributed by atoms with E-state index in [1.165, 1.54) is 6.33 Å². The molecule has 1 aliphatic rings. The van der Waals surface area contributed by atoms with Gasteiger partial charge in [0.25, 0.3) is 0 Å². The topological polar surface area (TPSA) is 55.0 Å². The number of nitrogen functional groups attached to an aromatic ring is 1. The van der Waals surface area contributed by atoms with Gasteiger partial charge < -0.3 is 10.6 Å². The van der Waals surface area contributed by atoms with E-state index in [9.17, 15) is 13.2 Å². The highest BCUT2D eigenvalue weighted by Gasteiger charge is 2.41. The Morgan fingerprint density at radius 2 is 1.89 bits per heavy atom. The minimum atomic E-state index is -4.12. The fraction of sp³-hybridized carbons (Fsp3) is 0.600. The standard InChI is InChI=1S/C10H12ClF3N4/c11-8-7(15)9(17-5-16-8)18-3-1-6(2-4-18)10(12,13)14/h5-6H,1-4,15H2. The van der Waals surface area contributed by atoms with Gasteiger partial charge in [-0.1, -0.05) is 11.6 Å². The first kappa shape index (κ1) is 13.2. The fourth-order valence-corrected chi connectivity index (χ4v) is 2.16. The molecule has 1 aromatic heterocycles. The summed E-state index contributed by atoms with van der Waals surface area (Å²) >= 11 is 5.75. The molecule has 2 N–H and O–H groups in total. The van der Waals surface area contributed by atoms with Crippen LogP contribution in [0.1, 0.15) is 12.8 Å². The SMILES string of the molecule is Nc1c(Cl)ncnc1N1CCC(C(F)(F)F)CC1. The maximum Gasteiger partial charge on any atom is 0.391 e. The molecule has 0 radical (unpaired) electrons. The van der Waals surface area contributed by atoms with Crippen molar-refractivity contribution in [2.24, 2.45) is 5.92 Å². The number of halogens is 4. The average molecular weight is 281 g/mol. The van der Waals surface area contributed by atoms with Crippen molar-refractivity contribution in [1.29, 1.82) is 0 Å². The lowest BCUT2D eigenvalue weighted by molar-refractivity contribution is -0.179. The van der Waals surface area contributed by atoms with E-state index in [1.807, 2.05) is 0 Å². The van der Waals surface area contributed by atoms with E-state index in [4.69, 9.17) is 17.3 Å². The normalized spacial score (nSPS) is 18.1. The van der Waals surface area contributed by atoms with E-state index in [2.05, 4.69) is 9.97 Å². The first-order valence-corrected chi connectivity index (χ1v) is 5.85. The molecule has 2 heterocycles. The zero-order chi connectivity index (χ0) is 13.3. The van der Waals surface area contributed by atoms with Crippen molar-refractivity contribution in [2.75, 3.05) is 23.7 Å². The molecule has 1 fully saturated rings. The third-order valence-corrected chi connectivity index (χ3v) is 3.37. The number of piperidine rings is 1. The van der Waals surface area contributed by atoms with Crippen molar-refractivity contribution in [3.8, 4) is 0 Å². The summed E-state index contributed by atoms with van der Waals surface area (Å²) in [5.41, 5.74) is 5.93. The summed E-state index contributed by atoms with van der Waals surface area (Å²) in [6.45, 7) is 0.531. The molecule has 0 spiro atoms. The zero-order valence-corrected chi connectivity index (χ0v) is 10.2. The predicted octanol–water partition coefficient (Wildman–Crippen LogP) is 2.49. The number of rotatable bonds is 1. The molecule has 8 heteroatoms. The second kappa shape index (κ2) is 4.79. The Balaban J connectivity index is 2.08. The lowest BCUT2D eigenvalue weighted by Gasteiger charge is -2.34. The van der Waals surface area contributed by atoms with Crippen molar-refractivity contribution in [3.63, 3.8) is 0 Å². The molecule has 18 heavy (non-hydrogen) atoms. The van der Waals surface area contributed by atoms with Crippen molar-refractivity contribution in [3.05, 3.63) is 11.5 Å². The molecule has 0 aromatic carbocycles. The molecule has 0 bridgehead atoms. The molecular formula is C10H12ClF3N4. The van der Waals surface area contributed by atoms with Crippen LogP contribution in [-0.2, 0) is 0 Å². The molecule has 2 rings (SSSR count). The Hall–Kier alpha value is -1.24. The summed E-state index contributed by atoms with van der Waals surface area (Å²) in [5.74, 6) is -0.831. The second-order valence-electron chi connectivity index (χ2n) is 4.20. The van der Waals surface area contributed by atoms with Crippen molar-refractivity contribution < 1.29 is 13.2 Å². The smallest absolute Gasteiger partial charge is 0.391 e. The fourth-order valence-electron chi connectivity index (χ4n) is 2.04. The summed E-state index contributed by atoms with van der Waals surface area (Å²) in [6.07, 6.45) is -2.78. The molecule has 0 aliphatic carbocycles. The van der Waals surface area contributed by atoms with Gasteiger partial charge in [-0.15, -0.1) is 0 Å². The minimum Gasteiger partial charge on any atom is -0.393 e. The van der Waals surface area contributed by atoms with Gasteiger partial charge in [0, 0.05) is 13.1 Å². The summed E-state index contributed by atoms with van der Waals surface area (Å²) in [7, 11) is 0. The molecule has 1 saturated heterocycles. The summed E-state index contributed by atoms with van der Waals surface area (Å²) in [4.78, 5) is 9.40. The average Bonchev–Trinajstić information content (AvgIpc) is 2.32. The largest absolute Gasteiger partial charge is 0.393 e. The highest BCUT2D eigenvalue weighted by atomic mass is 35.5. The van der Waals surface area contributed by atoms with Crippen molar-refractivity contribution >= 4 is 23.1 Å². The second-order valence-corrected chi connectivity index (χ2v) is 4.56. The molecule has 0 saturated carbocycles. The van der Waals surface area contributed by atoms with Crippen LogP contribution in [0.3, 0.4) is 0 Å². The number of aromatic nitrogens is 2. The first-order chi connectivity index (χ1) is 8.39. The van der Waals surface area contributed by atoms with Crippen LogP contribution in [0.15, 0.2) is 6.33 Å². The van der Waals surface area contributed by atoms with Crippen LogP contribution in [0.4, 0.5) is 24.7 Å². The van der Waals surface area contributed by atoms with Crippen LogP contribution in [0.25, 0.3) is 0 Å². The van der Waals surface area contributed by atoms with E-state index in [1.54, 1.807) is 4.90 Å². The number of hydrogen-bond acceptors (Lipinski definition) is 4. The Morgan fingerprint density at radius 1 is 1.28 bits per heavy atom. The van der Waals surface area contributed by atoms with Gasteiger partial charge in [-0.05, 0) is 12.8 Å². The molecule has 0 unspecified atom stereocenters. The maximum atomic E-state index is 12.5. The highest BCUT2D eigenvalue weighted by Crippen LogP contribution is 2.36. The number of nitrogens with zero attached hydrogens (tertiary/aromatic N) is 3. The number of hydrogen-bond donors (Lipinski definition) is 1. The van der Waals surface area contributed by atoms with E-state index in [0.717, 1.165) is 0 Å². The molecule has 1 aromatic rings. The van der Waals surface area contributed by atoms with Crippen molar-refractivity contribution in [1.82, 2.24) is 9.97 Å². The Morgan fingerprint density at radius 3 is 2.44 bits per heavy atom. The van der Waals surface area contributed by atoms with Crippen LogP contribution < -0.4 is 10.6 Å². The van der Waals surface area contributed by atoms with E-state index >= 15 is 0 Å². The lowest BCUT2D eigenvalue weighted by atomic mass is 9.96. The summed E-state index contributed by atoms with van der Waals surface area (Å²) < 4.78 is 37.6. The maximum absolute atomic E-state index is 12.5. The van der Waals surface area contributed by atoms with Crippen LogP contribution in [0, 0.1) is 5.92 Å². The van der Waals surface area contributed by atoms with Crippen molar-refractivity contribution in [2.45, 2.75) is 19.0 Å². The molecule has 1 aliphatic heterocycles. The highest BCUT2D eigenvalue weighted by molar-refractivity contribution is 6.32. The van der Waals surface area contributed by atoms with Gasteiger partial charge >= 0.3 is 6.18 Å². The predicted molar refractivity (Wildman–Crippen MR) is 62.4 cm³/mol. The van der Waals surface area contributed by atoms with Gasteiger partial charge in [0.15, 0.2) is 11.0 Å².